The van der Waals surface area contributed by atoms with Crippen molar-refractivity contribution in [2.75, 3.05) is 10.7 Å². The summed E-state index contributed by atoms with van der Waals surface area (Å²) in [6.45, 7) is 3.86. The molecule has 0 aliphatic carbocycles. The first-order chi connectivity index (χ1) is 9.47. The third kappa shape index (κ3) is 3.39. The summed E-state index contributed by atoms with van der Waals surface area (Å²) in [5.41, 5.74) is 2.69. The highest BCUT2D eigenvalue weighted by Crippen LogP contribution is 2.21. The number of nitrogen functional groups attached to an aromatic ring is 1. The molecule has 0 atom stereocenters. The standard InChI is InChI=1S/C13H15F2N5/c1-7(2)13-18-11(6-12(19-13)20-16)17-10-4-8(14)3-9(15)5-10/h3-7H,16H2,1-2H3,(H2,17,18,19,20). The molecule has 0 saturated heterocycles. The van der Waals surface area contributed by atoms with Crippen molar-refractivity contribution in [3.05, 3.63) is 41.7 Å². The molecule has 0 aliphatic heterocycles. The summed E-state index contributed by atoms with van der Waals surface area (Å²) in [5.74, 6) is 5.50. The van der Waals surface area contributed by atoms with Crippen molar-refractivity contribution in [1.29, 1.82) is 0 Å². The van der Waals surface area contributed by atoms with Crippen LogP contribution in [0.5, 0.6) is 0 Å². The molecule has 0 unspecified atom stereocenters. The van der Waals surface area contributed by atoms with E-state index < -0.39 is 11.6 Å². The lowest BCUT2D eigenvalue weighted by Crippen LogP contribution is -2.12. The van der Waals surface area contributed by atoms with Gasteiger partial charge in [-0.05, 0) is 12.1 Å². The number of aromatic nitrogens is 2. The van der Waals surface area contributed by atoms with E-state index in [4.69, 9.17) is 5.84 Å². The van der Waals surface area contributed by atoms with Crippen LogP contribution in [-0.4, -0.2) is 9.97 Å². The Hall–Kier alpha value is -2.28. The Bertz CT molecular complexity index is 595. The molecule has 2 rings (SSSR count). The Morgan fingerprint density at radius 2 is 1.60 bits per heavy atom. The van der Waals surface area contributed by atoms with Crippen molar-refractivity contribution < 1.29 is 8.78 Å². The Morgan fingerprint density at radius 3 is 2.15 bits per heavy atom. The summed E-state index contributed by atoms with van der Waals surface area (Å²) in [4.78, 5) is 8.47. The van der Waals surface area contributed by atoms with Crippen LogP contribution < -0.4 is 16.6 Å². The second kappa shape index (κ2) is 5.79. The van der Waals surface area contributed by atoms with Gasteiger partial charge in [-0.1, -0.05) is 13.8 Å². The fourth-order valence-corrected chi connectivity index (χ4v) is 1.64. The molecule has 1 heterocycles. The SMILES string of the molecule is CC(C)c1nc(NN)cc(Nc2cc(F)cc(F)c2)n1. The van der Waals surface area contributed by atoms with Gasteiger partial charge in [0.25, 0.3) is 0 Å². The maximum atomic E-state index is 13.1. The lowest BCUT2D eigenvalue weighted by Gasteiger charge is -2.11. The number of hydrogen-bond acceptors (Lipinski definition) is 5. The van der Waals surface area contributed by atoms with E-state index in [1.54, 1.807) is 6.07 Å². The number of hydrazine groups is 1. The summed E-state index contributed by atoms with van der Waals surface area (Å²) in [5, 5.41) is 2.83. The molecule has 1 aromatic heterocycles. The van der Waals surface area contributed by atoms with Gasteiger partial charge in [0.15, 0.2) is 0 Å². The predicted molar refractivity (Wildman–Crippen MR) is 73.6 cm³/mol. The number of benzene rings is 1. The van der Waals surface area contributed by atoms with Crippen molar-refractivity contribution in [2.45, 2.75) is 19.8 Å². The number of halogens is 2. The van der Waals surface area contributed by atoms with Gasteiger partial charge in [0.1, 0.15) is 29.1 Å². The van der Waals surface area contributed by atoms with Gasteiger partial charge in [0.2, 0.25) is 0 Å². The van der Waals surface area contributed by atoms with Gasteiger partial charge in [0.05, 0.1) is 0 Å². The molecule has 0 saturated carbocycles. The minimum absolute atomic E-state index is 0.0908. The molecular formula is C13H15F2N5. The van der Waals surface area contributed by atoms with Crippen LogP contribution in [0.15, 0.2) is 24.3 Å². The molecule has 0 fully saturated rings. The zero-order chi connectivity index (χ0) is 14.7. The van der Waals surface area contributed by atoms with Gasteiger partial charge in [-0.25, -0.2) is 24.6 Å². The summed E-state index contributed by atoms with van der Waals surface area (Å²) in [7, 11) is 0. The highest BCUT2D eigenvalue weighted by Gasteiger charge is 2.09. The average molecular weight is 279 g/mol. The Morgan fingerprint density at radius 1 is 1.00 bits per heavy atom. The summed E-state index contributed by atoms with van der Waals surface area (Å²) in [6, 6.07) is 4.71. The Kier molecular flexibility index (Phi) is 4.09. The van der Waals surface area contributed by atoms with E-state index in [0.29, 0.717) is 17.5 Å². The number of anilines is 3. The lowest BCUT2D eigenvalue weighted by molar-refractivity contribution is 0.584. The van der Waals surface area contributed by atoms with E-state index in [9.17, 15) is 8.78 Å². The molecule has 1 aromatic carbocycles. The molecule has 4 N–H and O–H groups in total. The molecular weight excluding hydrogens is 264 g/mol. The second-order valence-corrected chi connectivity index (χ2v) is 4.58. The van der Waals surface area contributed by atoms with E-state index in [-0.39, 0.29) is 11.6 Å². The normalized spacial score (nSPS) is 10.7. The molecule has 7 heteroatoms. The van der Waals surface area contributed by atoms with Crippen molar-refractivity contribution in [2.24, 2.45) is 5.84 Å². The second-order valence-electron chi connectivity index (χ2n) is 4.58. The predicted octanol–water partition coefficient (Wildman–Crippen LogP) is 2.91. The van der Waals surface area contributed by atoms with Crippen molar-refractivity contribution in [3.8, 4) is 0 Å². The molecule has 0 spiro atoms. The highest BCUT2D eigenvalue weighted by molar-refractivity contribution is 5.59. The van der Waals surface area contributed by atoms with E-state index in [1.165, 1.54) is 12.1 Å². The molecule has 0 bridgehead atoms. The van der Waals surface area contributed by atoms with Crippen LogP contribution in [-0.2, 0) is 0 Å². The van der Waals surface area contributed by atoms with Gasteiger partial charge in [0, 0.05) is 23.7 Å². The van der Waals surface area contributed by atoms with Crippen molar-refractivity contribution >= 4 is 17.3 Å². The maximum absolute atomic E-state index is 13.1. The fraction of sp³-hybridized carbons (Fsp3) is 0.231. The summed E-state index contributed by atoms with van der Waals surface area (Å²) < 4.78 is 26.3. The molecule has 106 valence electrons. The first-order valence-corrected chi connectivity index (χ1v) is 6.06. The maximum Gasteiger partial charge on any atom is 0.145 e. The number of nitrogens with zero attached hydrogens (tertiary/aromatic N) is 2. The third-order valence-corrected chi connectivity index (χ3v) is 2.54. The van der Waals surface area contributed by atoms with E-state index >= 15 is 0 Å². The lowest BCUT2D eigenvalue weighted by atomic mass is 10.2. The van der Waals surface area contributed by atoms with Gasteiger partial charge in [-0.2, -0.15) is 0 Å². The third-order valence-electron chi connectivity index (χ3n) is 2.54. The molecule has 2 aromatic rings. The number of rotatable bonds is 4. The van der Waals surface area contributed by atoms with Crippen LogP contribution in [0.4, 0.5) is 26.1 Å². The Balaban J connectivity index is 2.34. The first kappa shape index (κ1) is 14.1. The topological polar surface area (TPSA) is 75.9 Å². The summed E-state index contributed by atoms with van der Waals surface area (Å²) in [6.07, 6.45) is 0. The zero-order valence-corrected chi connectivity index (χ0v) is 11.1. The van der Waals surface area contributed by atoms with Crippen LogP contribution in [0.25, 0.3) is 0 Å². The van der Waals surface area contributed by atoms with E-state index in [0.717, 1.165) is 6.07 Å². The summed E-state index contributed by atoms with van der Waals surface area (Å²) >= 11 is 0. The smallest absolute Gasteiger partial charge is 0.145 e. The molecule has 0 aliphatic rings. The van der Waals surface area contributed by atoms with Gasteiger partial charge < -0.3 is 10.7 Å². The highest BCUT2D eigenvalue weighted by atomic mass is 19.1. The van der Waals surface area contributed by atoms with Crippen LogP contribution in [0.1, 0.15) is 25.6 Å². The zero-order valence-electron chi connectivity index (χ0n) is 11.1. The van der Waals surface area contributed by atoms with Crippen molar-refractivity contribution in [3.63, 3.8) is 0 Å². The molecule has 20 heavy (non-hydrogen) atoms. The van der Waals surface area contributed by atoms with Crippen LogP contribution in [0, 0.1) is 11.6 Å². The van der Waals surface area contributed by atoms with Crippen LogP contribution in [0.2, 0.25) is 0 Å². The van der Waals surface area contributed by atoms with Gasteiger partial charge >= 0.3 is 0 Å². The number of hydrogen-bond donors (Lipinski definition) is 3. The van der Waals surface area contributed by atoms with E-state index in [1.807, 2.05) is 13.8 Å². The number of nitrogens with one attached hydrogen (secondary N) is 2. The number of nitrogens with two attached hydrogens (primary N) is 1. The van der Waals surface area contributed by atoms with Crippen LogP contribution in [0.3, 0.4) is 0 Å². The van der Waals surface area contributed by atoms with E-state index in [2.05, 4.69) is 20.7 Å². The largest absolute Gasteiger partial charge is 0.340 e. The average Bonchev–Trinajstić information content (AvgIpc) is 2.36. The first-order valence-electron chi connectivity index (χ1n) is 6.06. The minimum Gasteiger partial charge on any atom is -0.340 e. The quantitative estimate of drug-likeness (QED) is 0.592. The van der Waals surface area contributed by atoms with Crippen LogP contribution >= 0.6 is 0 Å². The Labute approximate surface area is 115 Å². The molecule has 0 radical (unpaired) electrons. The minimum atomic E-state index is -0.664. The van der Waals surface area contributed by atoms with Gasteiger partial charge in [-0.15, -0.1) is 0 Å². The molecule has 5 nitrogen and oxygen atoms in total. The molecule has 0 amide bonds. The van der Waals surface area contributed by atoms with Crippen molar-refractivity contribution in [1.82, 2.24) is 9.97 Å². The van der Waals surface area contributed by atoms with Gasteiger partial charge in [-0.3, -0.25) is 0 Å². The fourth-order valence-electron chi connectivity index (χ4n) is 1.64. The monoisotopic (exact) mass is 279 g/mol.